The first-order valence-electron chi connectivity index (χ1n) is 8.08. The number of amides is 1. The normalized spacial score (nSPS) is 10.8. The molecular weight excluding hydrogens is 336 g/mol. The number of methoxy groups -OCH3 is 1. The lowest BCUT2D eigenvalue weighted by Gasteiger charge is -2.10. The van der Waals surface area contributed by atoms with Crippen LogP contribution in [-0.4, -0.2) is 23.6 Å². The van der Waals surface area contributed by atoms with Crippen molar-refractivity contribution in [1.82, 2.24) is 4.57 Å². The highest BCUT2D eigenvalue weighted by Crippen LogP contribution is 2.29. The number of hydrogen-bond acceptors (Lipinski definition) is 4. The molecule has 0 aliphatic carbocycles. The lowest BCUT2D eigenvalue weighted by atomic mass is 10.1. The van der Waals surface area contributed by atoms with E-state index in [0.717, 1.165) is 32.8 Å². The summed E-state index contributed by atoms with van der Waals surface area (Å²) in [6.07, 6.45) is 0.905. The standard InChI is InChI=1S/C19H20N2O3S/c1-4-13-6-5-7-14(9-13)20-18(22)11-21-15-8-12(2)25-17(15)10-16(21)19(23)24-3/h5-10H,4,11H2,1-3H3,(H,20,22). The summed E-state index contributed by atoms with van der Waals surface area (Å²) in [5.74, 6) is -0.624. The minimum absolute atomic E-state index is 0.0560. The molecule has 3 rings (SSSR count). The molecule has 2 heterocycles. The molecule has 0 fully saturated rings. The lowest BCUT2D eigenvalue weighted by molar-refractivity contribution is -0.116. The van der Waals surface area contributed by atoms with Gasteiger partial charge in [-0.1, -0.05) is 19.1 Å². The minimum Gasteiger partial charge on any atom is -0.464 e. The average Bonchev–Trinajstić information content (AvgIpc) is 3.11. The molecule has 3 aromatic rings. The summed E-state index contributed by atoms with van der Waals surface area (Å²) in [6, 6.07) is 11.5. The number of anilines is 1. The predicted octanol–water partition coefficient (Wildman–Crippen LogP) is 4.00. The highest BCUT2D eigenvalue weighted by atomic mass is 32.1. The maximum atomic E-state index is 12.5. The van der Waals surface area contributed by atoms with Gasteiger partial charge in [0.2, 0.25) is 5.91 Å². The zero-order valence-corrected chi connectivity index (χ0v) is 15.3. The number of esters is 1. The second-order valence-corrected chi connectivity index (χ2v) is 7.10. The highest BCUT2D eigenvalue weighted by molar-refractivity contribution is 7.19. The molecule has 0 radical (unpaired) electrons. The van der Waals surface area contributed by atoms with Crippen molar-refractivity contribution < 1.29 is 14.3 Å². The Morgan fingerprint density at radius 3 is 2.76 bits per heavy atom. The minimum atomic E-state index is -0.443. The third kappa shape index (κ3) is 3.58. The average molecular weight is 356 g/mol. The fraction of sp³-hybridized carbons (Fsp3) is 0.263. The molecule has 0 saturated heterocycles. The number of carbonyl (C=O) groups excluding carboxylic acids is 2. The predicted molar refractivity (Wildman–Crippen MR) is 100 cm³/mol. The number of fused-ring (bicyclic) bond motifs is 1. The summed E-state index contributed by atoms with van der Waals surface area (Å²) in [5, 5.41) is 2.90. The SMILES string of the molecule is CCc1cccc(NC(=O)Cn2c(C(=O)OC)cc3sc(C)cc32)c1. The first-order valence-corrected chi connectivity index (χ1v) is 8.90. The number of hydrogen-bond donors (Lipinski definition) is 1. The van der Waals surface area contributed by atoms with Gasteiger partial charge in [0, 0.05) is 10.6 Å². The van der Waals surface area contributed by atoms with Crippen molar-refractivity contribution in [3.8, 4) is 0 Å². The third-order valence-electron chi connectivity index (χ3n) is 4.03. The van der Waals surface area contributed by atoms with Crippen LogP contribution < -0.4 is 5.32 Å². The quantitative estimate of drug-likeness (QED) is 0.703. The molecule has 0 saturated carbocycles. The molecule has 0 aliphatic heterocycles. The Morgan fingerprint density at radius 2 is 2.04 bits per heavy atom. The van der Waals surface area contributed by atoms with Crippen LogP contribution in [0.15, 0.2) is 36.4 Å². The summed E-state index contributed by atoms with van der Waals surface area (Å²) in [4.78, 5) is 25.7. The van der Waals surface area contributed by atoms with Gasteiger partial charge in [-0.25, -0.2) is 4.79 Å². The van der Waals surface area contributed by atoms with Crippen LogP contribution in [0.2, 0.25) is 0 Å². The molecule has 130 valence electrons. The van der Waals surface area contributed by atoms with Gasteiger partial charge in [0.25, 0.3) is 0 Å². The maximum Gasteiger partial charge on any atom is 0.354 e. The van der Waals surface area contributed by atoms with Gasteiger partial charge in [0.05, 0.1) is 17.3 Å². The maximum absolute atomic E-state index is 12.5. The van der Waals surface area contributed by atoms with Crippen LogP contribution >= 0.6 is 11.3 Å². The molecule has 6 heteroatoms. The van der Waals surface area contributed by atoms with Crippen molar-refractivity contribution in [3.05, 3.63) is 52.5 Å². The van der Waals surface area contributed by atoms with E-state index in [1.807, 2.05) is 37.3 Å². The van der Waals surface area contributed by atoms with Crippen molar-refractivity contribution in [1.29, 1.82) is 0 Å². The molecular formula is C19H20N2O3S. The van der Waals surface area contributed by atoms with Gasteiger partial charge in [0.15, 0.2) is 0 Å². The molecule has 2 aromatic heterocycles. The van der Waals surface area contributed by atoms with Crippen LogP contribution in [0, 0.1) is 6.92 Å². The van der Waals surface area contributed by atoms with Crippen LogP contribution in [-0.2, 0) is 22.5 Å². The van der Waals surface area contributed by atoms with E-state index < -0.39 is 5.97 Å². The van der Waals surface area contributed by atoms with E-state index in [0.29, 0.717) is 5.69 Å². The van der Waals surface area contributed by atoms with Crippen molar-refractivity contribution >= 4 is 39.1 Å². The van der Waals surface area contributed by atoms with E-state index in [9.17, 15) is 9.59 Å². The Kier molecular flexibility index (Phi) is 4.90. The highest BCUT2D eigenvalue weighted by Gasteiger charge is 2.19. The van der Waals surface area contributed by atoms with Gasteiger partial charge in [-0.15, -0.1) is 11.3 Å². The van der Waals surface area contributed by atoms with Crippen LogP contribution in [0.5, 0.6) is 0 Å². The van der Waals surface area contributed by atoms with E-state index >= 15 is 0 Å². The van der Waals surface area contributed by atoms with Gasteiger partial charge < -0.3 is 14.6 Å². The molecule has 1 aromatic carbocycles. The van der Waals surface area contributed by atoms with E-state index in [1.54, 1.807) is 22.0 Å². The Labute approximate surface area is 150 Å². The van der Waals surface area contributed by atoms with Crippen LogP contribution in [0.4, 0.5) is 5.69 Å². The Balaban J connectivity index is 1.87. The van der Waals surface area contributed by atoms with Crippen LogP contribution in [0.1, 0.15) is 27.9 Å². The van der Waals surface area contributed by atoms with Crippen molar-refractivity contribution in [2.45, 2.75) is 26.8 Å². The van der Waals surface area contributed by atoms with Gasteiger partial charge in [0.1, 0.15) is 12.2 Å². The Hall–Kier alpha value is -2.60. The number of carbonyl (C=O) groups is 2. The smallest absolute Gasteiger partial charge is 0.354 e. The van der Waals surface area contributed by atoms with E-state index in [-0.39, 0.29) is 12.5 Å². The second kappa shape index (κ2) is 7.11. The fourth-order valence-corrected chi connectivity index (χ4v) is 3.78. The molecule has 25 heavy (non-hydrogen) atoms. The van der Waals surface area contributed by atoms with Crippen LogP contribution in [0.3, 0.4) is 0 Å². The number of thiophene rings is 1. The summed E-state index contributed by atoms with van der Waals surface area (Å²) < 4.78 is 7.53. The van der Waals surface area contributed by atoms with Gasteiger partial charge in [-0.05, 0) is 43.2 Å². The first kappa shape index (κ1) is 17.2. The number of rotatable bonds is 5. The first-order chi connectivity index (χ1) is 12.0. The van der Waals surface area contributed by atoms with Crippen LogP contribution in [0.25, 0.3) is 10.2 Å². The Morgan fingerprint density at radius 1 is 1.24 bits per heavy atom. The second-order valence-electron chi connectivity index (χ2n) is 5.82. The van der Waals surface area contributed by atoms with Gasteiger partial charge >= 0.3 is 5.97 Å². The van der Waals surface area contributed by atoms with Crippen molar-refractivity contribution in [2.24, 2.45) is 0 Å². The van der Waals surface area contributed by atoms with E-state index in [4.69, 9.17) is 4.74 Å². The number of ether oxygens (including phenoxy) is 1. The summed E-state index contributed by atoms with van der Waals surface area (Å²) in [6.45, 7) is 4.13. The molecule has 1 N–H and O–H groups in total. The topological polar surface area (TPSA) is 60.3 Å². The number of aryl methyl sites for hydroxylation is 2. The molecule has 1 amide bonds. The summed E-state index contributed by atoms with van der Waals surface area (Å²) >= 11 is 1.59. The Bertz CT molecular complexity index is 939. The van der Waals surface area contributed by atoms with E-state index in [2.05, 4.69) is 12.2 Å². The lowest BCUT2D eigenvalue weighted by Crippen LogP contribution is -2.21. The van der Waals surface area contributed by atoms with Gasteiger partial charge in [-0.3, -0.25) is 4.79 Å². The molecule has 0 atom stereocenters. The zero-order valence-electron chi connectivity index (χ0n) is 14.5. The van der Waals surface area contributed by atoms with Crippen molar-refractivity contribution in [2.75, 3.05) is 12.4 Å². The molecule has 0 unspecified atom stereocenters. The van der Waals surface area contributed by atoms with E-state index in [1.165, 1.54) is 7.11 Å². The third-order valence-corrected chi connectivity index (χ3v) is 5.01. The molecule has 0 bridgehead atoms. The number of aromatic nitrogens is 1. The number of benzene rings is 1. The molecule has 0 spiro atoms. The summed E-state index contributed by atoms with van der Waals surface area (Å²) in [7, 11) is 1.34. The fourth-order valence-electron chi connectivity index (χ4n) is 2.82. The van der Waals surface area contributed by atoms with Gasteiger partial charge in [-0.2, -0.15) is 0 Å². The van der Waals surface area contributed by atoms with Crippen molar-refractivity contribution in [3.63, 3.8) is 0 Å². The number of nitrogens with one attached hydrogen (secondary N) is 1. The summed E-state index contributed by atoms with van der Waals surface area (Å²) in [5.41, 5.74) is 3.18. The monoisotopic (exact) mass is 356 g/mol. The zero-order chi connectivity index (χ0) is 18.0. The number of nitrogens with zero attached hydrogens (tertiary/aromatic N) is 1. The molecule has 0 aliphatic rings. The largest absolute Gasteiger partial charge is 0.464 e. The molecule has 5 nitrogen and oxygen atoms in total.